The molecule has 1 atom stereocenters. The van der Waals surface area contributed by atoms with Crippen molar-refractivity contribution in [2.45, 2.75) is 45.6 Å². The van der Waals surface area contributed by atoms with Crippen molar-refractivity contribution < 1.29 is 9.32 Å². The van der Waals surface area contributed by atoms with E-state index in [1.807, 2.05) is 54.5 Å². The van der Waals surface area contributed by atoms with Crippen molar-refractivity contribution >= 4 is 11.4 Å². The molecule has 4 heterocycles. The van der Waals surface area contributed by atoms with Crippen LogP contribution in [0.25, 0.3) is 5.52 Å². The molecule has 0 bridgehead atoms. The van der Waals surface area contributed by atoms with E-state index in [4.69, 9.17) is 4.52 Å². The fourth-order valence-corrected chi connectivity index (χ4v) is 3.38. The molecule has 1 saturated heterocycles. The minimum absolute atomic E-state index is 0.0739. The summed E-state index contributed by atoms with van der Waals surface area (Å²) in [4.78, 5) is 24.0. The Hall–Kier alpha value is -2.70. The van der Waals surface area contributed by atoms with Gasteiger partial charge in [0.1, 0.15) is 5.82 Å². The summed E-state index contributed by atoms with van der Waals surface area (Å²) in [5, 5.41) is 4.11. The van der Waals surface area contributed by atoms with Crippen LogP contribution in [0, 0.1) is 6.92 Å². The molecule has 3 aromatic heterocycles. The third-order valence-corrected chi connectivity index (χ3v) is 4.69. The Morgan fingerprint density at radius 3 is 2.92 bits per heavy atom. The highest BCUT2D eigenvalue weighted by atomic mass is 16.5. The first-order valence-corrected chi connectivity index (χ1v) is 8.64. The zero-order valence-electron chi connectivity index (χ0n) is 14.6. The number of likely N-dealkylation sites (tertiary alicyclic amines) is 1. The van der Waals surface area contributed by atoms with Gasteiger partial charge in [0.05, 0.1) is 11.6 Å². The minimum atomic E-state index is -0.149. The fourth-order valence-electron chi connectivity index (χ4n) is 3.38. The lowest BCUT2D eigenvalue weighted by atomic mass is 10.2. The number of nitrogens with zero attached hydrogens (tertiary/aromatic N) is 5. The number of rotatable bonds is 3. The summed E-state index contributed by atoms with van der Waals surface area (Å²) >= 11 is 0. The Balaban J connectivity index is 1.68. The molecule has 1 aliphatic rings. The molecule has 1 fully saturated rings. The summed E-state index contributed by atoms with van der Waals surface area (Å²) in [6.07, 6.45) is 3.68. The van der Waals surface area contributed by atoms with Crippen molar-refractivity contribution in [3.63, 3.8) is 0 Å². The number of hydrogen-bond acceptors (Lipinski definition) is 5. The van der Waals surface area contributed by atoms with Crippen LogP contribution in [0.1, 0.15) is 66.7 Å². The topological polar surface area (TPSA) is 76.5 Å². The Bertz CT molecular complexity index is 927. The molecule has 0 aliphatic carbocycles. The molecular weight excluding hydrogens is 318 g/mol. The molecule has 4 rings (SSSR count). The van der Waals surface area contributed by atoms with Gasteiger partial charge in [-0.25, -0.2) is 4.98 Å². The number of amides is 1. The van der Waals surface area contributed by atoms with Crippen LogP contribution in [-0.2, 0) is 0 Å². The molecule has 0 saturated carbocycles. The second kappa shape index (κ2) is 5.98. The van der Waals surface area contributed by atoms with Gasteiger partial charge in [0.2, 0.25) is 5.89 Å². The zero-order valence-corrected chi connectivity index (χ0v) is 14.6. The van der Waals surface area contributed by atoms with Crippen LogP contribution in [0.2, 0.25) is 0 Å². The van der Waals surface area contributed by atoms with Gasteiger partial charge in [-0.15, -0.1) is 0 Å². The van der Waals surface area contributed by atoms with Crippen LogP contribution in [0.4, 0.5) is 0 Å². The van der Waals surface area contributed by atoms with Gasteiger partial charge < -0.3 is 13.8 Å². The van der Waals surface area contributed by atoms with Crippen molar-refractivity contribution in [1.82, 2.24) is 24.4 Å². The van der Waals surface area contributed by atoms with Crippen LogP contribution in [0.5, 0.6) is 0 Å². The number of pyridine rings is 1. The summed E-state index contributed by atoms with van der Waals surface area (Å²) in [6.45, 7) is 6.60. The SMILES string of the molecule is Cc1nc(C(=O)N2CCCC2c2noc(C(C)C)n2)c2ccccn12. The molecule has 1 amide bonds. The number of imidazole rings is 1. The molecule has 0 radical (unpaired) electrons. The molecule has 3 aromatic rings. The maximum atomic E-state index is 13.2. The first-order valence-electron chi connectivity index (χ1n) is 8.64. The second-order valence-electron chi connectivity index (χ2n) is 6.77. The smallest absolute Gasteiger partial charge is 0.275 e. The van der Waals surface area contributed by atoms with Crippen molar-refractivity contribution in [2.75, 3.05) is 6.54 Å². The van der Waals surface area contributed by atoms with Gasteiger partial charge in [0, 0.05) is 18.7 Å². The Labute approximate surface area is 145 Å². The van der Waals surface area contributed by atoms with Crippen LogP contribution in [-0.4, -0.2) is 36.9 Å². The predicted octanol–water partition coefficient (Wildman–Crippen LogP) is 3.13. The fraction of sp³-hybridized carbons (Fsp3) is 0.444. The maximum Gasteiger partial charge on any atom is 0.275 e. The number of carbonyl (C=O) groups is 1. The van der Waals surface area contributed by atoms with Gasteiger partial charge in [0.25, 0.3) is 5.91 Å². The number of aromatic nitrogens is 4. The summed E-state index contributed by atoms with van der Waals surface area (Å²) in [5.41, 5.74) is 1.31. The van der Waals surface area contributed by atoms with Crippen LogP contribution < -0.4 is 0 Å². The van der Waals surface area contributed by atoms with E-state index in [0.29, 0.717) is 24.0 Å². The van der Waals surface area contributed by atoms with Gasteiger partial charge in [-0.3, -0.25) is 4.79 Å². The minimum Gasteiger partial charge on any atom is -0.339 e. The lowest BCUT2D eigenvalue weighted by Crippen LogP contribution is -2.31. The first-order chi connectivity index (χ1) is 12.1. The molecule has 0 spiro atoms. The lowest BCUT2D eigenvalue weighted by Gasteiger charge is -2.21. The van der Waals surface area contributed by atoms with Gasteiger partial charge >= 0.3 is 0 Å². The van der Waals surface area contributed by atoms with E-state index < -0.39 is 0 Å². The first kappa shape index (κ1) is 15.8. The second-order valence-corrected chi connectivity index (χ2v) is 6.77. The van der Waals surface area contributed by atoms with E-state index in [0.717, 1.165) is 24.2 Å². The quantitative estimate of drug-likeness (QED) is 0.733. The van der Waals surface area contributed by atoms with E-state index in [9.17, 15) is 4.79 Å². The highest BCUT2D eigenvalue weighted by Crippen LogP contribution is 2.32. The van der Waals surface area contributed by atoms with E-state index in [2.05, 4.69) is 15.1 Å². The third kappa shape index (κ3) is 2.59. The van der Waals surface area contributed by atoms with Gasteiger partial charge in [0.15, 0.2) is 11.5 Å². The van der Waals surface area contributed by atoms with Gasteiger partial charge in [-0.05, 0) is 31.9 Å². The maximum absolute atomic E-state index is 13.2. The largest absolute Gasteiger partial charge is 0.339 e. The van der Waals surface area contributed by atoms with Crippen molar-refractivity contribution in [2.24, 2.45) is 0 Å². The number of aryl methyl sites for hydroxylation is 1. The summed E-state index contributed by atoms with van der Waals surface area (Å²) in [5.74, 6) is 2.10. The standard InChI is InChI=1S/C18H21N5O2/c1-11(2)17-20-16(21-25-17)14-8-6-10-23(14)18(24)15-13-7-4-5-9-22(13)12(3)19-15/h4-5,7,9,11,14H,6,8,10H2,1-3H3. The molecule has 0 N–H and O–H groups in total. The Morgan fingerprint density at radius 2 is 2.16 bits per heavy atom. The summed E-state index contributed by atoms with van der Waals surface area (Å²) < 4.78 is 7.26. The molecule has 130 valence electrons. The van der Waals surface area contributed by atoms with E-state index >= 15 is 0 Å². The lowest BCUT2D eigenvalue weighted by molar-refractivity contribution is 0.0725. The highest BCUT2D eigenvalue weighted by Gasteiger charge is 2.35. The van der Waals surface area contributed by atoms with Crippen molar-refractivity contribution in [1.29, 1.82) is 0 Å². The Morgan fingerprint density at radius 1 is 1.32 bits per heavy atom. The van der Waals surface area contributed by atoms with E-state index in [1.54, 1.807) is 0 Å². The molecular formula is C18H21N5O2. The molecule has 0 aromatic carbocycles. The van der Waals surface area contributed by atoms with Crippen LogP contribution >= 0.6 is 0 Å². The summed E-state index contributed by atoms with van der Waals surface area (Å²) in [6, 6.07) is 5.62. The summed E-state index contributed by atoms with van der Waals surface area (Å²) in [7, 11) is 0. The zero-order chi connectivity index (χ0) is 17.6. The van der Waals surface area contributed by atoms with E-state index in [1.165, 1.54) is 0 Å². The average molecular weight is 339 g/mol. The molecule has 25 heavy (non-hydrogen) atoms. The van der Waals surface area contributed by atoms with Crippen molar-refractivity contribution in [3.8, 4) is 0 Å². The number of hydrogen-bond donors (Lipinski definition) is 0. The van der Waals surface area contributed by atoms with Gasteiger partial charge in [-0.1, -0.05) is 25.1 Å². The normalized spacial score (nSPS) is 17.8. The molecule has 7 heteroatoms. The molecule has 7 nitrogen and oxygen atoms in total. The molecule has 1 aliphatic heterocycles. The number of fused-ring (bicyclic) bond motifs is 1. The predicted molar refractivity (Wildman–Crippen MR) is 91.3 cm³/mol. The van der Waals surface area contributed by atoms with Crippen LogP contribution in [0.3, 0.4) is 0 Å². The highest BCUT2D eigenvalue weighted by molar-refractivity contribution is 5.99. The average Bonchev–Trinajstić information content (AvgIpc) is 3.32. The molecule has 1 unspecified atom stereocenters. The van der Waals surface area contributed by atoms with Gasteiger partial charge in [-0.2, -0.15) is 4.98 Å². The third-order valence-electron chi connectivity index (χ3n) is 4.69. The van der Waals surface area contributed by atoms with Crippen LogP contribution in [0.15, 0.2) is 28.9 Å². The monoisotopic (exact) mass is 339 g/mol. The van der Waals surface area contributed by atoms with Crippen molar-refractivity contribution in [3.05, 3.63) is 47.6 Å². The Kier molecular flexibility index (Phi) is 3.78. The van der Waals surface area contributed by atoms with E-state index in [-0.39, 0.29) is 17.9 Å². The number of carbonyl (C=O) groups excluding carboxylic acids is 1.